The highest BCUT2D eigenvalue weighted by molar-refractivity contribution is 7.98. The molecule has 178 valence electrons. The molecule has 35 heavy (non-hydrogen) atoms. The SMILES string of the molecule is CC(NC(=O)c1ccc(Cl)cc1)c1nnc(SCc2ccc(F)cc2)n1-c1ccc([N+](=O)[O-])cc1. The standard InChI is InChI=1S/C24H19ClFN5O3S/c1-15(27-23(32)17-4-6-18(25)7-5-17)22-28-29-24(35-14-16-2-8-19(26)9-3-16)30(22)20-10-12-21(13-11-20)31(33)34/h2-13,15H,14H2,1H3,(H,27,32). The van der Waals surface area contributed by atoms with Gasteiger partial charge >= 0.3 is 0 Å². The van der Waals surface area contributed by atoms with Gasteiger partial charge < -0.3 is 5.32 Å². The first-order chi connectivity index (χ1) is 16.8. The van der Waals surface area contributed by atoms with Crippen molar-refractivity contribution in [2.45, 2.75) is 23.9 Å². The van der Waals surface area contributed by atoms with Crippen LogP contribution < -0.4 is 5.32 Å². The first-order valence-corrected chi connectivity index (χ1v) is 11.8. The maximum atomic E-state index is 13.2. The predicted molar refractivity (Wildman–Crippen MR) is 131 cm³/mol. The first-order valence-electron chi connectivity index (χ1n) is 10.5. The van der Waals surface area contributed by atoms with Crippen LogP contribution in [0.2, 0.25) is 5.02 Å². The molecule has 8 nitrogen and oxygen atoms in total. The van der Waals surface area contributed by atoms with Gasteiger partial charge in [-0.1, -0.05) is 35.5 Å². The van der Waals surface area contributed by atoms with E-state index in [1.807, 2.05) is 0 Å². The number of thioether (sulfide) groups is 1. The van der Waals surface area contributed by atoms with Crippen LogP contribution in [0.25, 0.3) is 5.69 Å². The van der Waals surface area contributed by atoms with E-state index in [0.717, 1.165) is 5.56 Å². The van der Waals surface area contributed by atoms with Crippen molar-refractivity contribution in [2.75, 3.05) is 0 Å². The van der Waals surface area contributed by atoms with Gasteiger partial charge in [-0.3, -0.25) is 19.5 Å². The molecule has 1 aromatic heterocycles. The van der Waals surface area contributed by atoms with Gasteiger partial charge in [-0.2, -0.15) is 0 Å². The number of nitrogens with zero attached hydrogens (tertiary/aromatic N) is 4. The summed E-state index contributed by atoms with van der Waals surface area (Å²) in [5.74, 6) is 0.313. The largest absolute Gasteiger partial charge is 0.342 e. The van der Waals surface area contributed by atoms with E-state index >= 15 is 0 Å². The molecule has 0 aliphatic carbocycles. The van der Waals surface area contributed by atoms with Gasteiger partial charge in [0.25, 0.3) is 11.6 Å². The van der Waals surface area contributed by atoms with E-state index in [1.54, 1.807) is 60.0 Å². The Kier molecular flexibility index (Phi) is 7.42. The number of nitro groups is 1. The van der Waals surface area contributed by atoms with E-state index in [-0.39, 0.29) is 17.4 Å². The molecule has 0 aliphatic rings. The molecule has 1 amide bonds. The van der Waals surface area contributed by atoms with Crippen LogP contribution in [0.3, 0.4) is 0 Å². The normalized spacial score (nSPS) is 11.7. The highest BCUT2D eigenvalue weighted by Crippen LogP contribution is 2.28. The van der Waals surface area contributed by atoms with E-state index in [4.69, 9.17) is 11.6 Å². The van der Waals surface area contributed by atoms with Crippen molar-refractivity contribution in [2.24, 2.45) is 0 Å². The van der Waals surface area contributed by atoms with E-state index in [1.165, 1.54) is 36.0 Å². The molecule has 0 saturated heterocycles. The lowest BCUT2D eigenvalue weighted by Gasteiger charge is -2.16. The predicted octanol–water partition coefficient (Wildman–Crippen LogP) is 5.75. The molecule has 1 atom stereocenters. The van der Waals surface area contributed by atoms with Gasteiger partial charge in [-0.05, 0) is 61.0 Å². The van der Waals surface area contributed by atoms with Crippen molar-refractivity contribution in [3.63, 3.8) is 0 Å². The first kappa shape index (κ1) is 24.4. The summed E-state index contributed by atoms with van der Waals surface area (Å²) in [6.45, 7) is 1.77. The lowest BCUT2D eigenvalue weighted by molar-refractivity contribution is -0.384. The number of non-ortho nitro benzene ring substituents is 1. The fourth-order valence-electron chi connectivity index (χ4n) is 3.30. The summed E-state index contributed by atoms with van der Waals surface area (Å²) < 4.78 is 15.0. The highest BCUT2D eigenvalue weighted by Gasteiger charge is 2.22. The fraction of sp³-hybridized carbons (Fsp3) is 0.125. The summed E-state index contributed by atoms with van der Waals surface area (Å²) in [4.78, 5) is 23.3. The summed E-state index contributed by atoms with van der Waals surface area (Å²) >= 11 is 7.28. The van der Waals surface area contributed by atoms with Gasteiger partial charge in [0.2, 0.25) is 0 Å². The minimum atomic E-state index is -0.541. The number of amides is 1. The smallest absolute Gasteiger partial charge is 0.269 e. The van der Waals surface area contributed by atoms with Crippen molar-refractivity contribution in [1.29, 1.82) is 0 Å². The van der Waals surface area contributed by atoms with Gasteiger partial charge in [-0.15, -0.1) is 10.2 Å². The Morgan fingerprint density at radius 1 is 1.09 bits per heavy atom. The number of benzene rings is 3. The average Bonchev–Trinajstić information content (AvgIpc) is 3.28. The Bertz CT molecular complexity index is 1350. The van der Waals surface area contributed by atoms with Gasteiger partial charge in [0.05, 0.1) is 11.0 Å². The molecule has 4 rings (SSSR count). The molecule has 0 spiro atoms. The molecule has 0 saturated carbocycles. The molecule has 0 radical (unpaired) electrons. The molecule has 3 aromatic carbocycles. The van der Waals surface area contributed by atoms with Crippen LogP contribution in [-0.4, -0.2) is 25.6 Å². The summed E-state index contributed by atoms with van der Waals surface area (Å²) in [7, 11) is 0. The maximum Gasteiger partial charge on any atom is 0.269 e. The fourth-order valence-corrected chi connectivity index (χ4v) is 4.34. The summed E-state index contributed by atoms with van der Waals surface area (Å²) in [6.07, 6.45) is 0. The molecular weight excluding hydrogens is 493 g/mol. The molecule has 11 heteroatoms. The quantitative estimate of drug-likeness (QED) is 0.183. The number of rotatable bonds is 8. The van der Waals surface area contributed by atoms with Crippen molar-refractivity contribution < 1.29 is 14.1 Å². The number of carbonyl (C=O) groups is 1. The summed E-state index contributed by atoms with van der Waals surface area (Å²) in [5, 5.41) is 23.6. The number of hydrogen-bond donors (Lipinski definition) is 1. The molecule has 0 fully saturated rings. The topological polar surface area (TPSA) is 103 Å². The lowest BCUT2D eigenvalue weighted by atomic mass is 10.2. The Hall–Kier alpha value is -3.76. The molecule has 1 N–H and O–H groups in total. The van der Waals surface area contributed by atoms with Crippen molar-refractivity contribution in [3.05, 3.63) is 111 Å². The van der Waals surface area contributed by atoms with E-state index < -0.39 is 11.0 Å². The summed E-state index contributed by atoms with van der Waals surface area (Å²) in [5.41, 5.74) is 1.88. The minimum Gasteiger partial charge on any atom is -0.342 e. The zero-order chi connectivity index (χ0) is 24.9. The Morgan fingerprint density at radius 3 is 2.37 bits per heavy atom. The Balaban J connectivity index is 1.63. The van der Waals surface area contributed by atoms with Crippen molar-refractivity contribution in [1.82, 2.24) is 20.1 Å². The van der Waals surface area contributed by atoms with Crippen LogP contribution in [-0.2, 0) is 5.75 Å². The molecule has 0 aliphatic heterocycles. The third-order valence-electron chi connectivity index (χ3n) is 5.10. The van der Waals surface area contributed by atoms with Gasteiger partial charge in [0, 0.05) is 34.2 Å². The van der Waals surface area contributed by atoms with Crippen LogP contribution in [0.4, 0.5) is 10.1 Å². The minimum absolute atomic E-state index is 0.0482. The lowest BCUT2D eigenvalue weighted by Crippen LogP contribution is -2.28. The highest BCUT2D eigenvalue weighted by atomic mass is 35.5. The second kappa shape index (κ2) is 10.7. The number of halogens is 2. The van der Waals surface area contributed by atoms with E-state index in [9.17, 15) is 19.3 Å². The van der Waals surface area contributed by atoms with Crippen LogP contribution in [0.5, 0.6) is 0 Å². The number of nitro benzene ring substituents is 1. The Labute approximate surface area is 209 Å². The van der Waals surface area contributed by atoms with Crippen LogP contribution in [0.15, 0.2) is 78.0 Å². The van der Waals surface area contributed by atoms with Gasteiger partial charge in [0.15, 0.2) is 11.0 Å². The van der Waals surface area contributed by atoms with Crippen molar-refractivity contribution >= 4 is 35.0 Å². The molecular formula is C24H19ClFN5O3S. The average molecular weight is 512 g/mol. The second-order valence-corrected chi connectivity index (χ2v) is 8.95. The zero-order valence-electron chi connectivity index (χ0n) is 18.4. The number of nitrogens with one attached hydrogen (secondary N) is 1. The van der Waals surface area contributed by atoms with Crippen molar-refractivity contribution in [3.8, 4) is 5.69 Å². The maximum absolute atomic E-state index is 13.2. The number of aromatic nitrogens is 3. The molecule has 1 unspecified atom stereocenters. The molecule has 1 heterocycles. The number of carbonyl (C=O) groups excluding carboxylic acids is 1. The summed E-state index contributed by atoms with van der Waals surface area (Å²) in [6, 6.07) is 18.1. The van der Waals surface area contributed by atoms with Crippen LogP contribution in [0, 0.1) is 15.9 Å². The zero-order valence-corrected chi connectivity index (χ0v) is 20.0. The monoisotopic (exact) mass is 511 g/mol. The van der Waals surface area contributed by atoms with E-state index in [0.29, 0.717) is 33.0 Å². The third kappa shape index (κ3) is 5.84. The number of hydrogen-bond acceptors (Lipinski definition) is 6. The van der Waals surface area contributed by atoms with Crippen LogP contribution >= 0.6 is 23.4 Å². The van der Waals surface area contributed by atoms with Gasteiger partial charge in [-0.25, -0.2) is 4.39 Å². The second-order valence-electron chi connectivity index (χ2n) is 7.57. The third-order valence-corrected chi connectivity index (χ3v) is 6.35. The van der Waals surface area contributed by atoms with Crippen LogP contribution in [0.1, 0.15) is 34.7 Å². The van der Waals surface area contributed by atoms with Gasteiger partial charge in [0.1, 0.15) is 5.82 Å². The molecule has 4 aromatic rings. The Morgan fingerprint density at radius 2 is 1.74 bits per heavy atom. The van der Waals surface area contributed by atoms with E-state index in [2.05, 4.69) is 15.5 Å². The molecule has 0 bridgehead atoms.